The van der Waals surface area contributed by atoms with Crippen molar-refractivity contribution in [1.29, 1.82) is 0 Å². The lowest BCUT2D eigenvalue weighted by Crippen LogP contribution is -2.47. The van der Waals surface area contributed by atoms with Crippen LogP contribution in [0.1, 0.15) is 25.0 Å². The highest BCUT2D eigenvalue weighted by molar-refractivity contribution is 5.91. The molecule has 202 valence electrons. The Labute approximate surface area is 221 Å². The summed E-state index contributed by atoms with van der Waals surface area (Å²) in [6.07, 6.45) is 4.78. The van der Waals surface area contributed by atoms with Crippen molar-refractivity contribution < 1.29 is 19.4 Å². The van der Waals surface area contributed by atoms with Crippen LogP contribution in [0, 0.1) is 5.92 Å². The van der Waals surface area contributed by atoms with E-state index in [4.69, 9.17) is 4.74 Å². The van der Waals surface area contributed by atoms with Gasteiger partial charge >= 0.3 is 0 Å². The number of amides is 2. The lowest BCUT2D eigenvalue weighted by molar-refractivity contribution is -0.134. The van der Waals surface area contributed by atoms with Gasteiger partial charge < -0.3 is 20.1 Å². The zero-order valence-electron chi connectivity index (χ0n) is 21.9. The molecule has 12 heteroatoms. The lowest BCUT2D eigenvalue weighted by Gasteiger charge is -2.34. The third kappa shape index (κ3) is 7.11. The van der Waals surface area contributed by atoms with Gasteiger partial charge in [0.05, 0.1) is 19.1 Å². The summed E-state index contributed by atoms with van der Waals surface area (Å²) in [5.74, 6) is 0.192. The predicted molar refractivity (Wildman–Crippen MR) is 139 cm³/mol. The summed E-state index contributed by atoms with van der Waals surface area (Å²) in [7, 11) is 2.03. The molecule has 0 bridgehead atoms. The predicted octanol–water partition coefficient (Wildman–Crippen LogP) is 0.988. The summed E-state index contributed by atoms with van der Waals surface area (Å²) >= 11 is 0. The molecule has 0 saturated heterocycles. The van der Waals surface area contributed by atoms with Gasteiger partial charge in [0.1, 0.15) is 24.7 Å². The molecule has 3 aromatic rings. The number of hydrogen-bond donors (Lipinski definition) is 2. The van der Waals surface area contributed by atoms with Crippen molar-refractivity contribution in [1.82, 2.24) is 35.0 Å². The van der Waals surface area contributed by atoms with E-state index in [1.54, 1.807) is 35.5 Å². The lowest BCUT2D eigenvalue weighted by atomic mass is 10.0. The quantitative estimate of drug-likeness (QED) is 0.421. The number of tetrazole rings is 1. The normalized spacial score (nSPS) is 18.7. The van der Waals surface area contributed by atoms with Gasteiger partial charge in [0.25, 0.3) is 0 Å². The molecular formula is C26H34N8O4. The van der Waals surface area contributed by atoms with E-state index < -0.39 is 0 Å². The summed E-state index contributed by atoms with van der Waals surface area (Å²) in [6.45, 7) is 5.54. The summed E-state index contributed by atoms with van der Waals surface area (Å²) in [4.78, 5) is 33.8. The fourth-order valence-electron chi connectivity index (χ4n) is 4.50. The van der Waals surface area contributed by atoms with Gasteiger partial charge in [0.2, 0.25) is 11.8 Å². The second-order valence-electron chi connectivity index (χ2n) is 9.82. The molecule has 0 aliphatic carbocycles. The second kappa shape index (κ2) is 12.6. The Hall–Kier alpha value is -3.90. The molecule has 3 heterocycles. The molecule has 0 radical (unpaired) electrons. The molecule has 12 nitrogen and oxygen atoms in total. The highest BCUT2D eigenvalue weighted by atomic mass is 16.5. The van der Waals surface area contributed by atoms with Crippen LogP contribution in [-0.2, 0) is 29.1 Å². The van der Waals surface area contributed by atoms with Crippen LogP contribution in [0.4, 0.5) is 5.69 Å². The molecule has 0 fully saturated rings. The molecule has 0 saturated carbocycles. The monoisotopic (exact) mass is 522 g/mol. The van der Waals surface area contributed by atoms with E-state index in [9.17, 15) is 14.7 Å². The SMILES string of the molecule is C[C@@H]1CN([C@@H](C)CO)C(=O)Cc2cc(NC(=O)Cn3cnnn3)ccc2O[C@@H]1CN(C)Cc1ccncc1. The summed E-state index contributed by atoms with van der Waals surface area (Å²) in [5, 5.41) is 23.4. The average molecular weight is 523 g/mol. The molecule has 1 aromatic carbocycles. The van der Waals surface area contributed by atoms with Crippen LogP contribution in [0.5, 0.6) is 5.75 Å². The first kappa shape index (κ1) is 27.1. The maximum Gasteiger partial charge on any atom is 0.246 e. The Morgan fingerprint density at radius 1 is 1.29 bits per heavy atom. The largest absolute Gasteiger partial charge is 0.488 e. The highest BCUT2D eigenvalue weighted by Crippen LogP contribution is 2.29. The van der Waals surface area contributed by atoms with Crippen molar-refractivity contribution in [3.05, 3.63) is 60.2 Å². The fraction of sp³-hybridized carbons (Fsp3) is 0.462. The number of hydrogen-bond acceptors (Lipinski definition) is 9. The topological polar surface area (TPSA) is 139 Å². The number of likely N-dealkylation sites (N-methyl/N-ethyl adjacent to an activating group) is 1. The molecule has 3 atom stereocenters. The van der Waals surface area contributed by atoms with Crippen molar-refractivity contribution in [2.24, 2.45) is 5.92 Å². The third-order valence-electron chi connectivity index (χ3n) is 6.59. The van der Waals surface area contributed by atoms with Crippen LogP contribution in [0.25, 0.3) is 0 Å². The van der Waals surface area contributed by atoms with E-state index in [2.05, 4.69) is 37.6 Å². The van der Waals surface area contributed by atoms with Gasteiger partial charge in [-0.2, -0.15) is 0 Å². The minimum Gasteiger partial charge on any atom is -0.488 e. The first-order valence-corrected chi connectivity index (χ1v) is 12.6. The van der Waals surface area contributed by atoms with Gasteiger partial charge in [-0.25, -0.2) is 4.68 Å². The highest BCUT2D eigenvalue weighted by Gasteiger charge is 2.31. The molecule has 1 aliphatic rings. The number of rotatable bonds is 9. The van der Waals surface area contributed by atoms with Gasteiger partial charge in [-0.15, -0.1) is 5.10 Å². The van der Waals surface area contributed by atoms with E-state index in [0.717, 1.165) is 12.1 Å². The number of benzene rings is 1. The maximum atomic E-state index is 13.4. The van der Waals surface area contributed by atoms with Gasteiger partial charge in [-0.05, 0) is 60.3 Å². The van der Waals surface area contributed by atoms with E-state index in [1.807, 2.05) is 26.1 Å². The number of aliphatic hydroxyl groups excluding tert-OH is 1. The number of pyridine rings is 1. The second-order valence-corrected chi connectivity index (χ2v) is 9.82. The smallest absolute Gasteiger partial charge is 0.246 e. The molecule has 38 heavy (non-hydrogen) atoms. The number of ether oxygens (including phenoxy) is 1. The Kier molecular flexibility index (Phi) is 8.98. The number of aliphatic hydroxyl groups is 1. The van der Waals surface area contributed by atoms with Crippen molar-refractivity contribution in [3.63, 3.8) is 0 Å². The van der Waals surface area contributed by atoms with E-state index in [-0.39, 0.29) is 49.5 Å². The third-order valence-corrected chi connectivity index (χ3v) is 6.59. The number of nitrogens with one attached hydrogen (secondary N) is 1. The van der Waals surface area contributed by atoms with Crippen molar-refractivity contribution in [2.45, 2.75) is 45.5 Å². The zero-order chi connectivity index (χ0) is 27.1. The molecule has 1 aliphatic heterocycles. The van der Waals surface area contributed by atoms with Crippen LogP contribution in [-0.4, -0.2) is 90.8 Å². The number of fused-ring (bicyclic) bond motifs is 1. The number of carbonyl (C=O) groups is 2. The summed E-state index contributed by atoms with van der Waals surface area (Å²) in [6, 6.07) is 8.95. The first-order valence-electron chi connectivity index (χ1n) is 12.6. The Bertz CT molecular complexity index is 1210. The minimum absolute atomic E-state index is 0.00513. The summed E-state index contributed by atoms with van der Waals surface area (Å²) < 4.78 is 7.88. The van der Waals surface area contributed by atoms with Crippen LogP contribution < -0.4 is 10.1 Å². The van der Waals surface area contributed by atoms with Crippen molar-refractivity contribution in [3.8, 4) is 5.75 Å². The van der Waals surface area contributed by atoms with E-state index in [1.165, 1.54) is 11.0 Å². The Morgan fingerprint density at radius 2 is 2.08 bits per heavy atom. The van der Waals surface area contributed by atoms with Crippen LogP contribution in [0.3, 0.4) is 0 Å². The number of nitrogens with zero attached hydrogens (tertiary/aromatic N) is 7. The molecule has 2 N–H and O–H groups in total. The molecule has 4 rings (SSSR count). The Morgan fingerprint density at radius 3 is 2.79 bits per heavy atom. The van der Waals surface area contributed by atoms with Gasteiger partial charge in [0.15, 0.2) is 0 Å². The number of anilines is 1. The standard InChI is InChI=1S/C26H34N8O4/c1-18-12-34(19(2)16-35)26(37)11-21-10-22(29-25(36)15-33-17-28-30-31-33)4-5-23(21)38-24(18)14-32(3)13-20-6-8-27-9-7-20/h4-10,17-19,24,35H,11-16H2,1-3H3,(H,29,36)/t18-,19+,24-/m1/s1. The first-order chi connectivity index (χ1) is 18.3. The van der Waals surface area contributed by atoms with Gasteiger partial charge in [0, 0.05) is 49.2 Å². The molecule has 2 aromatic heterocycles. The van der Waals surface area contributed by atoms with Crippen LogP contribution >= 0.6 is 0 Å². The van der Waals surface area contributed by atoms with E-state index >= 15 is 0 Å². The summed E-state index contributed by atoms with van der Waals surface area (Å²) in [5.41, 5.74) is 2.35. The van der Waals surface area contributed by atoms with Crippen molar-refractivity contribution >= 4 is 17.5 Å². The minimum atomic E-state index is -0.333. The van der Waals surface area contributed by atoms with Crippen molar-refractivity contribution in [2.75, 3.05) is 32.1 Å². The number of aromatic nitrogens is 5. The van der Waals surface area contributed by atoms with Gasteiger partial charge in [-0.1, -0.05) is 6.92 Å². The van der Waals surface area contributed by atoms with Crippen LogP contribution in [0.15, 0.2) is 49.1 Å². The number of carbonyl (C=O) groups excluding carboxylic acids is 2. The molecular weight excluding hydrogens is 488 g/mol. The zero-order valence-corrected chi connectivity index (χ0v) is 21.9. The fourth-order valence-corrected chi connectivity index (χ4v) is 4.50. The van der Waals surface area contributed by atoms with Gasteiger partial charge in [-0.3, -0.25) is 19.5 Å². The molecule has 0 spiro atoms. The average Bonchev–Trinajstić information content (AvgIpc) is 3.41. The Balaban J connectivity index is 1.57. The van der Waals surface area contributed by atoms with Crippen LogP contribution in [0.2, 0.25) is 0 Å². The molecule has 2 amide bonds. The van der Waals surface area contributed by atoms with E-state index in [0.29, 0.717) is 30.1 Å². The molecule has 0 unspecified atom stereocenters. The maximum absolute atomic E-state index is 13.4.